The van der Waals surface area contributed by atoms with Gasteiger partial charge >= 0.3 is 5.82 Å². The molecule has 12 nitrogen and oxygen atoms in total. The fourth-order valence-corrected chi connectivity index (χ4v) is 5.88. The Morgan fingerprint density at radius 3 is 2.04 bits per heavy atom. The standard InChI is InChI=1S/C41H47N10O2/c52-31-29-50(30-32-53)40-19-17-38(18-20-40)44-46-41-12-4-5-25-51(41)26-8-24-49-28-27-48(34-49)23-7-22-47-21-6-11-39(33-47)45-43-37-15-13-36(14-16-37)42-35-9-2-1-3-10-35/h1-6,9-21,25,27-28,33-34,42,52-53H,7-8,22-24,26,29-32H2/q+3. The summed E-state index contributed by atoms with van der Waals surface area (Å²) < 4.78 is 8.73. The number of anilines is 3. The van der Waals surface area contributed by atoms with Crippen LogP contribution in [0.1, 0.15) is 12.8 Å². The maximum Gasteiger partial charge on any atom is 0.350 e. The molecule has 3 N–H and O–H groups in total. The molecule has 0 spiro atoms. The molecule has 0 saturated heterocycles. The average Bonchev–Trinajstić information content (AvgIpc) is 3.65. The number of aliphatic hydroxyl groups is 2. The van der Waals surface area contributed by atoms with Crippen LogP contribution in [0.2, 0.25) is 0 Å². The maximum absolute atomic E-state index is 9.31. The molecule has 0 fully saturated rings. The lowest BCUT2D eigenvalue weighted by atomic mass is 10.2. The molecule has 3 aromatic heterocycles. The minimum atomic E-state index is 0.0244. The molecule has 0 aliphatic carbocycles. The van der Waals surface area contributed by atoms with Crippen LogP contribution >= 0.6 is 0 Å². The van der Waals surface area contributed by atoms with Gasteiger partial charge in [0.1, 0.15) is 23.8 Å². The van der Waals surface area contributed by atoms with Crippen molar-refractivity contribution >= 4 is 39.9 Å². The average molecular weight is 712 g/mol. The zero-order valence-electron chi connectivity index (χ0n) is 29.8. The lowest BCUT2D eigenvalue weighted by molar-refractivity contribution is -0.726. The van der Waals surface area contributed by atoms with Crippen molar-refractivity contribution in [3.8, 4) is 0 Å². The van der Waals surface area contributed by atoms with Crippen molar-refractivity contribution in [3.05, 3.63) is 147 Å². The van der Waals surface area contributed by atoms with Crippen molar-refractivity contribution in [2.75, 3.05) is 36.5 Å². The lowest BCUT2D eigenvalue weighted by Crippen LogP contribution is -2.37. The Labute approximate surface area is 310 Å². The SMILES string of the molecule is OCCN(CCO)c1ccc(N=Nc2cccc[n+]2CCCn2cc[n+](CCC[n+]3cccc(N=Nc4ccc(Nc5ccccc5)cc4)c3)c2)cc1. The quantitative estimate of drug-likeness (QED) is 0.0626. The summed E-state index contributed by atoms with van der Waals surface area (Å²) in [4.78, 5) is 1.93. The monoisotopic (exact) mass is 711 g/mol. The number of aryl methyl sites for hydroxylation is 4. The van der Waals surface area contributed by atoms with Gasteiger partial charge in [0.15, 0.2) is 18.9 Å². The van der Waals surface area contributed by atoms with E-state index in [1.54, 1.807) is 0 Å². The normalized spacial score (nSPS) is 11.4. The molecule has 6 rings (SSSR count). The number of hydrogen-bond acceptors (Lipinski definition) is 8. The van der Waals surface area contributed by atoms with Gasteiger partial charge in [-0.25, -0.2) is 18.3 Å². The third-order valence-corrected chi connectivity index (χ3v) is 8.59. The summed E-state index contributed by atoms with van der Waals surface area (Å²) in [5.41, 5.74) is 5.32. The fraction of sp³-hybridized carbons (Fsp3) is 0.244. The van der Waals surface area contributed by atoms with Gasteiger partial charge in [-0.3, -0.25) is 0 Å². The van der Waals surface area contributed by atoms with Gasteiger partial charge in [-0.05, 0) is 77.9 Å². The second-order valence-corrected chi connectivity index (χ2v) is 12.5. The first-order valence-corrected chi connectivity index (χ1v) is 18.0. The van der Waals surface area contributed by atoms with E-state index in [9.17, 15) is 10.2 Å². The summed E-state index contributed by atoms with van der Waals surface area (Å²) in [5, 5.41) is 39.9. The predicted molar refractivity (Wildman–Crippen MR) is 204 cm³/mol. The second-order valence-electron chi connectivity index (χ2n) is 12.5. The highest BCUT2D eigenvalue weighted by Crippen LogP contribution is 2.23. The minimum Gasteiger partial charge on any atom is -0.395 e. The third kappa shape index (κ3) is 11.4. The first-order valence-electron chi connectivity index (χ1n) is 18.0. The van der Waals surface area contributed by atoms with Crippen LogP contribution in [0.25, 0.3) is 0 Å². The Morgan fingerprint density at radius 1 is 0.585 bits per heavy atom. The first kappa shape index (κ1) is 36.7. The molecule has 270 valence electrons. The van der Waals surface area contributed by atoms with Crippen LogP contribution in [0, 0.1) is 0 Å². The van der Waals surface area contributed by atoms with E-state index >= 15 is 0 Å². The number of aromatic nitrogens is 4. The highest BCUT2D eigenvalue weighted by Gasteiger charge is 2.12. The number of nitrogens with one attached hydrogen (secondary N) is 1. The number of azo groups is 2. The van der Waals surface area contributed by atoms with E-state index < -0.39 is 0 Å². The topological polar surface area (TPSA) is 122 Å². The Morgan fingerprint density at radius 2 is 1.26 bits per heavy atom. The Bertz CT molecular complexity index is 2040. The van der Waals surface area contributed by atoms with E-state index in [1.807, 2.05) is 126 Å². The number of pyridine rings is 2. The fourth-order valence-electron chi connectivity index (χ4n) is 5.88. The van der Waals surface area contributed by atoms with Gasteiger partial charge < -0.3 is 20.4 Å². The molecule has 0 unspecified atom stereocenters. The van der Waals surface area contributed by atoms with Crippen molar-refractivity contribution in [2.24, 2.45) is 20.5 Å². The summed E-state index contributed by atoms with van der Waals surface area (Å²) >= 11 is 0. The van der Waals surface area contributed by atoms with Crippen molar-refractivity contribution in [1.29, 1.82) is 0 Å². The van der Waals surface area contributed by atoms with Crippen molar-refractivity contribution in [1.82, 2.24) is 4.57 Å². The van der Waals surface area contributed by atoms with E-state index in [2.05, 4.69) is 69.0 Å². The van der Waals surface area contributed by atoms with E-state index in [4.69, 9.17) is 0 Å². The highest BCUT2D eigenvalue weighted by atomic mass is 16.3. The van der Waals surface area contributed by atoms with Crippen LogP contribution in [0.15, 0.2) is 167 Å². The molecule has 12 heteroatoms. The molecule has 0 aliphatic rings. The Kier molecular flexibility index (Phi) is 13.5. The number of aliphatic hydroxyl groups excluding tert-OH is 2. The molecule has 0 atom stereocenters. The Balaban J connectivity index is 0.936. The number of benzene rings is 3. The lowest BCUT2D eigenvalue weighted by Gasteiger charge is -2.22. The van der Waals surface area contributed by atoms with Gasteiger partial charge in [0.25, 0.3) is 0 Å². The summed E-state index contributed by atoms with van der Waals surface area (Å²) in [6, 6.07) is 35.6. The molecule has 0 radical (unpaired) electrons. The van der Waals surface area contributed by atoms with Crippen LogP contribution in [-0.4, -0.2) is 41.1 Å². The van der Waals surface area contributed by atoms with Crippen molar-refractivity contribution in [3.63, 3.8) is 0 Å². The second kappa shape index (κ2) is 19.5. The van der Waals surface area contributed by atoms with Crippen LogP contribution in [0.4, 0.5) is 39.9 Å². The molecular weight excluding hydrogens is 665 g/mol. The molecule has 3 aromatic carbocycles. The third-order valence-electron chi connectivity index (χ3n) is 8.59. The van der Waals surface area contributed by atoms with Crippen molar-refractivity contribution in [2.45, 2.75) is 39.0 Å². The summed E-state index contributed by atoms with van der Waals surface area (Å²) in [7, 11) is 0. The van der Waals surface area contributed by atoms with E-state index in [0.717, 1.165) is 79.0 Å². The number of rotatable bonds is 19. The van der Waals surface area contributed by atoms with Crippen LogP contribution < -0.4 is 23.9 Å². The van der Waals surface area contributed by atoms with Gasteiger partial charge in [-0.1, -0.05) is 24.3 Å². The summed E-state index contributed by atoms with van der Waals surface area (Å²) in [6.45, 7) is 4.46. The van der Waals surface area contributed by atoms with E-state index in [-0.39, 0.29) is 13.2 Å². The molecule has 6 aromatic rings. The Hall–Kier alpha value is -6.11. The number of para-hydroxylation sites is 1. The van der Waals surface area contributed by atoms with Crippen molar-refractivity contribution < 1.29 is 23.9 Å². The molecule has 0 aliphatic heterocycles. The van der Waals surface area contributed by atoms with Crippen LogP contribution in [0.3, 0.4) is 0 Å². The molecule has 0 amide bonds. The van der Waals surface area contributed by atoms with Gasteiger partial charge in [-0.2, -0.15) is 5.11 Å². The van der Waals surface area contributed by atoms with Crippen LogP contribution in [0.5, 0.6) is 0 Å². The zero-order valence-corrected chi connectivity index (χ0v) is 29.8. The van der Waals surface area contributed by atoms with E-state index in [0.29, 0.717) is 13.1 Å². The zero-order chi connectivity index (χ0) is 36.5. The molecule has 0 bridgehead atoms. The maximum atomic E-state index is 9.31. The number of hydrogen-bond donors (Lipinski definition) is 3. The summed E-state index contributed by atoms with van der Waals surface area (Å²) in [5.74, 6) is 0.787. The largest absolute Gasteiger partial charge is 0.395 e. The summed E-state index contributed by atoms with van der Waals surface area (Å²) in [6.07, 6.45) is 14.5. The van der Waals surface area contributed by atoms with Gasteiger partial charge in [0.05, 0.1) is 49.8 Å². The van der Waals surface area contributed by atoms with Gasteiger partial charge in [0.2, 0.25) is 6.33 Å². The first-order chi connectivity index (χ1) is 26.1. The predicted octanol–water partition coefficient (Wildman–Crippen LogP) is 6.90. The number of nitrogens with zero attached hydrogens (tertiary/aromatic N) is 9. The molecular formula is C41H47N10O2+3. The van der Waals surface area contributed by atoms with Gasteiger partial charge in [-0.15, -0.1) is 5.11 Å². The molecule has 0 saturated carbocycles. The molecule has 53 heavy (non-hydrogen) atoms. The molecule has 3 heterocycles. The highest BCUT2D eigenvalue weighted by molar-refractivity contribution is 5.61. The minimum absolute atomic E-state index is 0.0244. The van der Waals surface area contributed by atoms with E-state index in [1.165, 1.54) is 0 Å². The smallest absolute Gasteiger partial charge is 0.350 e. The number of imidazole rings is 1. The van der Waals surface area contributed by atoms with Gasteiger partial charge in [0, 0.05) is 55.1 Å². The van der Waals surface area contributed by atoms with Crippen LogP contribution in [-0.2, 0) is 26.2 Å².